The number of nitrogens with two attached hydrogens (primary N) is 1. The van der Waals surface area contributed by atoms with Gasteiger partial charge in [0.25, 0.3) is 0 Å². The van der Waals surface area contributed by atoms with Crippen LogP contribution in [-0.4, -0.2) is 58.5 Å². The first-order valence-electron chi connectivity index (χ1n) is 5.38. The molecule has 7 heteroatoms. The average molecular weight is 248 g/mol. The average Bonchev–Trinajstić information content (AvgIpc) is 2.27. The van der Waals surface area contributed by atoms with E-state index in [1.807, 2.05) is 0 Å². The summed E-state index contributed by atoms with van der Waals surface area (Å²) in [5.41, 5.74) is 4.87. The number of hydrogen-bond acceptors (Lipinski definition) is 6. The van der Waals surface area contributed by atoms with Crippen LogP contribution in [0.25, 0.3) is 0 Å². The monoisotopic (exact) mass is 248 g/mol. The van der Waals surface area contributed by atoms with Crippen LogP contribution < -0.4 is 11.1 Å². The van der Waals surface area contributed by atoms with Crippen LogP contribution in [-0.2, 0) is 23.8 Å². The highest BCUT2D eigenvalue weighted by Gasteiger charge is 2.02. The Balaban J connectivity index is 3.19. The summed E-state index contributed by atoms with van der Waals surface area (Å²) in [5.74, 6) is -0.953. The summed E-state index contributed by atoms with van der Waals surface area (Å²) in [4.78, 5) is 21.4. The van der Waals surface area contributed by atoms with Gasteiger partial charge in [0.15, 0.2) is 0 Å². The van der Waals surface area contributed by atoms with Gasteiger partial charge >= 0.3 is 5.97 Å². The molecule has 0 radical (unpaired) electrons. The Bertz CT molecular complexity index is 223. The minimum atomic E-state index is -0.515. The van der Waals surface area contributed by atoms with Gasteiger partial charge in [0.2, 0.25) is 5.91 Å². The van der Waals surface area contributed by atoms with E-state index in [0.29, 0.717) is 19.8 Å². The molecule has 0 fully saturated rings. The molecule has 0 bridgehead atoms. The Morgan fingerprint density at radius 1 is 1.12 bits per heavy atom. The second-order valence-electron chi connectivity index (χ2n) is 3.25. The lowest BCUT2D eigenvalue weighted by Crippen LogP contribution is -2.33. The molecular weight excluding hydrogens is 228 g/mol. The third-order valence-electron chi connectivity index (χ3n) is 1.70. The third kappa shape index (κ3) is 12.8. The minimum Gasteiger partial charge on any atom is -0.462 e. The first kappa shape index (κ1) is 15.8. The predicted octanol–water partition coefficient (Wildman–Crippen LogP) is -1.34. The van der Waals surface area contributed by atoms with Crippen LogP contribution in [0, 0.1) is 0 Å². The largest absolute Gasteiger partial charge is 0.462 e. The number of methoxy groups -OCH3 is 1. The summed E-state index contributed by atoms with van der Waals surface area (Å²) >= 11 is 0. The van der Waals surface area contributed by atoms with Crippen LogP contribution in [0.4, 0.5) is 0 Å². The van der Waals surface area contributed by atoms with Gasteiger partial charge in [-0.25, -0.2) is 0 Å². The SMILES string of the molecule is COCCCOCCOC(=O)CNCC(N)=O. The van der Waals surface area contributed by atoms with Gasteiger partial charge in [-0.2, -0.15) is 0 Å². The lowest BCUT2D eigenvalue weighted by molar-refractivity contribution is -0.144. The van der Waals surface area contributed by atoms with Gasteiger partial charge in [-0.1, -0.05) is 0 Å². The quantitative estimate of drug-likeness (QED) is 0.347. The minimum absolute atomic E-state index is 0.0351. The number of carbonyl (C=O) groups excluding carboxylic acids is 2. The Hall–Kier alpha value is -1.18. The van der Waals surface area contributed by atoms with E-state index in [1.165, 1.54) is 0 Å². The van der Waals surface area contributed by atoms with Gasteiger partial charge < -0.3 is 19.9 Å². The molecule has 0 aliphatic rings. The van der Waals surface area contributed by atoms with E-state index in [1.54, 1.807) is 7.11 Å². The number of nitrogens with one attached hydrogen (secondary N) is 1. The number of amides is 1. The molecule has 0 heterocycles. The van der Waals surface area contributed by atoms with E-state index in [-0.39, 0.29) is 19.7 Å². The summed E-state index contributed by atoms with van der Waals surface area (Å²) in [7, 11) is 1.63. The highest BCUT2D eigenvalue weighted by molar-refractivity contribution is 5.77. The Morgan fingerprint density at radius 3 is 2.53 bits per heavy atom. The van der Waals surface area contributed by atoms with Gasteiger partial charge in [0.05, 0.1) is 19.7 Å². The summed E-state index contributed by atoms with van der Waals surface area (Å²) in [6.45, 7) is 1.70. The van der Waals surface area contributed by atoms with Crippen molar-refractivity contribution < 1.29 is 23.8 Å². The van der Waals surface area contributed by atoms with Crippen LogP contribution >= 0.6 is 0 Å². The molecule has 0 saturated heterocycles. The summed E-state index contributed by atoms with van der Waals surface area (Å²) in [6.07, 6.45) is 0.810. The second-order valence-corrected chi connectivity index (χ2v) is 3.25. The summed E-state index contributed by atoms with van der Waals surface area (Å²) in [6, 6.07) is 0. The first-order valence-corrected chi connectivity index (χ1v) is 5.38. The maximum atomic E-state index is 11.0. The van der Waals surface area contributed by atoms with Crippen LogP contribution in [0.15, 0.2) is 0 Å². The maximum Gasteiger partial charge on any atom is 0.320 e. The first-order chi connectivity index (χ1) is 8.16. The smallest absolute Gasteiger partial charge is 0.320 e. The number of rotatable bonds is 11. The van der Waals surface area contributed by atoms with Crippen molar-refractivity contribution in [2.45, 2.75) is 6.42 Å². The van der Waals surface area contributed by atoms with E-state index in [2.05, 4.69) is 5.32 Å². The molecule has 100 valence electrons. The summed E-state index contributed by atoms with van der Waals surface area (Å²) in [5, 5.41) is 2.55. The van der Waals surface area contributed by atoms with E-state index in [4.69, 9.17) is 19.9 Å². The molecule has 17 heavy (non-hydrogen) atoms. The maximum absolute atomic E-state index is 11.0. The van der Waals surface area contributed by atoms with Crippen LogP contribution in [0.2, 0.25) is 0 Å². The molecule has 0 rings (SSSR count). The molecule has 1 amide bonds. The molecule has 0 unspecified atom stereocenters. The van der Waals surface area contributed by atoms with Crippen LogP contribution in [0.3, 0.4) is 0 Å². The third-order valence-corrected chi connectivity index (χ3v) is 1.70. The Labute approximate surface area is 101 Å². The van der Waals surface area contributed by atoms with Crippen molar-refractivity contribution in [2.75, 3.05) is 46.6 Å². The fourth-order valence-electron chi connectivity index (χ4n) is 0.961. The highest BCUT2D eigenvalue weighted by Crippen LogP contribution is 1.85. The number of esters is 1. The molecule has 3 N–H and O–H groups in total. The van der Waals surface area contributed by atoms with Crippen LogP contribution in [0.5, 0.6) is 0 Å². The van der Waals surface area contributed by atoms with Crippen molar-refractivity contribution in [1.29, 1.82) is 0 Å². The highest BCUT2D eigenvalue weighted by atomic mass is 16.6. The van der Waals surface area contributed by atoms with Crippen molar-refractivity contribution in [1.82, 2.24) is 5.32 Å². The lowest BCUT2D eigenvalue weighted by atomic mass is 10.5. The van der Waals surface area contributed by atoms with E-state index < -0.39 is 11.9 Å². The Morgan fingerprint density at radius 2 is 1.88 bits per heavy atom. The number of primary amides is 1. The van der Waals surface area contributed by atoms with E-state index in [0.717, 1.165) is 6.42 Å². The van der Waals surface area contributed by atoms with Crippen molar-refractivity contribution in [3.05, 3.63) is 0 Å². The molecular formula is C10H20N2O5. The van der Waals surface area contributed by atoms with Gasteiger partial charge in [0, 0.05) is 20.3 Å². The molecule has 0 saturated carbocycles. The summed E-state index contributed by atoms with van der Waals surface area (Å²) < 4.78 is 14.8. The molecule has 0 aromatic rings. The van der Waals surface area contributed by atoms with Crippen molar-refractivity contribution >= 4 is 11.9 Å². The standard InChI is InChI=1S/C10H20N2O5/c1-15-3-2-4-16-5-6-17-10(14)8-12-7-9(11)13/h12H,2-8H2,1H3,(H2,11,13). The molecule has 0 aromatic carbocycles. The zero-order chi connectivity index (χ0) is 12.9. The van der Waals surface area contributed by atoms with Crippen molar-refractivity contribution in [3.8, 4) is 0 Å². The number of hydrogen-bond donors (Lipinski definition) is 2. The second kappa shape index (κ2) is 11.3. The van der Waals surface area contributed by atoms with Gasteiger partial charge in [-0.05, 0) is 6.42 Å². The zero-order valence-electron chi connectivity index (χ0n) is 10.1. The fourth-order valence-corrected chi connectivity index (χ4v) is 0.961. The topological polar surface area (TPSA) is 99.9 Å². The Kier molecular flexibility index (Phi) is 10.5. The van der Waals surface area contributed by atoms with E-state index in [9.17, 15) is 9.59 Å². The normalized spacial score (nSPS) is 10.2. The number of ether oxygens (including phenoxy) is 3. The van der Waals surface area contributed by atoms with E-state index >= 15 is 0 Å². The van der Waals surface area contributed by atoms with Crippen LogP contribution in [0.1, 0.15) is 6.42 Å². The number of carbonyl (C=O) groups is 2. The fraction of sp³-hybridized carbons (Fsp3) is 0.800. The molecule has 0 spiro atoms. The lowest BCUT2D eigenvalue weighted by Gasteiger charge is -2.06. The molecule has 0 aromatic heterocycles. The van der Waals surface area contributed by atoms with Crippen molar-refractivity contribution in [2.24, 2.45) is 5.73 Å². The molecule has 0 aliphatic heterocycles. The van der Waals surface area contributed by atoms with Gasteiger partial charge in [-0.3, -0.25) is 14.9 Å². The zero-order valence-corrected chi connectivity index (χ0v) is 10.1. The molecule has 0 aliphatic carbocycles. The van der Waals surface area contributed by atoms with Gasteiger partial charge in [-0.15, -0.1) is 0 Å². The van der Waals surface area contributed by atoms with Gasteiger partial charge in [0.1, 0.15) is 6.61 Å². The molecule has 7 nitrogen and oxygen atoms in total. The predicted molar refractivity (Wildman–Crippen MR) is 60.3 cm³/mol. The van der Waals surface area contributed by atoms with Crippen molar-refractivity contribution in [3.63, 3.8) is 0 Å². The molecule has 0 atom stereocenters.